The number of fused-ring (bicyclic) bond motifs is 1. The molecular formula is C22H33N3O3. The summed E-state index contributed by atoms with van der Waals surface area (Å²) in [4.78, 5) is 30.5. The summed E-state index contributed by atoms with van der Waals surface area (Å²) >= 11 is 0. The van der Waals surface area contributed by atoms with E-state index >= 15 is 0 Å². The van der Waals surface area contributed by atoms with Gasteiger partial charge in [0.05, 0.1) is 19.1 Å². The Bertz CT molecular complexity index is 719. The number of benzene rings is 1. The van der Waals surface area contributed by atoms with Gasteiger partial charge in [0.1, 0.15) is 0 Å². The molecule has 2 fully saturated rings. The largest absolute Gasteiger partial charge is 0.376 e. The maximum atomic E-state index is 12.4. The molecule has 3 rings (SSSR count). The van der Waals surface area contributed by atoms with Crippen LogP contribution in [0.15, 0.2) is 24.3 Å². The van der Waals surface area contributed by atoms with E-state index in [1.807, 2.05) is 0 Å². The van der Waals surface area contributed by atoms with Gasteiger partial charge in [0.15, 0.2) is 0 Å². The predicted octanol–water partition coefficient (Wildman–Crippen LogP) is 1.77. The van der Waals surface area contributed by atoms with E-state index < -0.39 is 0 Å². The Balaban J connectivity index is 1.79. The molecule has 6 nitrogen and oxygen atoms in total. The van der Waals surface area contributed by atoms with Crippen molar-refractivity contribution in [2.24, 2.45) is 11.8 Å². The van der Waals surface area contributed by atoms with E-state index in [9.17, 15) is 9.59 Å². The molecule has 2 amide bonds. The molecule has 0 saturated carbocycles. The first-order valence-electron chi connectivity index (χ1n) is 10.1. The normalized spacial score (nSPS) is 26.9. The Hall–Kier alpha value is -1.92. The molecule has 0 bridgehead atoms. The van der Waals surface area contributed by atoms with Crippen LogP contribution >= 0.6 is 0 Å². The van der Waals surface area contributed by atoms with Crippen molar-refractivity contribution in [2.45, 2.75) is 38.5 Å². The molecule has 0 unspecified atom stereocenters. The Labute approximate surface area is 168 Å². The van der Waals surface area contributed by atoms with Crippen molar-refractivity contribution in [1.82, 2.24) is 14.7 Å². The van der Waals surface area contributed by atoms with Gasteiger partial charge >= 0.3 is 0 Å². The first-order chi connectivity index (χ1) is 13.3. The fraction of sp³-hybridized carbons (Fsp3) is 0.636. The van der Waals surface area contributed by atoms with Gasteiger partial charge in [0.2, 0.25) is 11.8 Å². The SMILES string of the molecule is Cc1ccccc1CN1C[C@@H](CC(=O)N(C)C)[C@H]2[C@H](CC(=O)N(C)C)OC[C@H]21. The van der Waals surface area contributed by atoms with Gasteiger partial charge in [-0.3, -0.25) is 14.5 Å². The fourth-order valence-corrected chi connectivity index (χ4v) is 4.56. The van der Waals surface area contributed by atoms with Crippen LogP contribution in [0.4, 0.5) is 0 Å². The zero-order chi connectivity index (χ0) is 20.4. The van der Waals surface area contributed by atoms with Gasteiger partial charge in [-0.1, -0.05) is 24.3 Å². The lowest BCUT2D eigenvalue weighted by atomic mass is 9.84. The summed E-state index contributed by atoms with van der Waals surface area (Å²) < 4.78 is 6.10. The van der Waals surface area contributed by atoms with E-state index in [4.69, 9.17) is 4.74 Å². The molecule has 2 aliphatic rings. The lowest BCUT2D eigenvalue weighted by molar-refractivity contribution is -0.131. The van der Waals surface area contributed by atoms with Crippen molar-refractivity contribution in [3.8, 4) is 0 Å². The van der Waals surface area contributed by atoms with Crippen molar-refractivity contribution in [3.05, 3.63) is 35.4 Å². The molecular weight excluding hydrogens is 354 g/mol. The number of hydrogen-bond acceptors (Lipinski definition) is 4. The summed E-state index contributed by atoms with van der Waals surface area (Å²) in [6, 6.07) is 8.71. The maximum Gasteiger partial charge on any atom is 0.224 e. The molecule has 0 spiro atoms. The highest BCUT2D eigenvalue weighted by Crippen LogP contribution is 2.42. The third kappa shape index (κ3) is 4.39. The lowest BCUT2D eigenvalue weighted by Gasteiger charge is -2.24. The van der Waals surface area contributed by atoms with Crippen LogP contribution in [0, 0.1) is 18.8 Å². The standard InChI is InChI=1S/C22H33N3O3/c1-15-8-6-7-9-16(15)12-25-13-17(10-20(26)23(2)3)22-18(25)14-28-19(22)11-21(27)24(4)5/h6-9,17-19,22H,10-14H2,1-5H3/t17-,18-,19+,22-/m1/s1. The molecule has 0 radical (unpaired) electrons. The molecule has 154 valence electrons. The summed E-state index contributed by atoms with van der Waals surface area (Å²) in [7, 11) is 7.16. The van der Waals surface area contributed by atoms with E-state index in [0.29, 0.717) is 19.4 Å². The number of ether oxygens (including phenoxy) is 1. The molecule has 1 aromatic carbocycles. The summed E-state index contributed by atoms with van der Waals surface area (Å²) in [6.07, 6.45) is 0.787. The molecule has 28 heavy (non-hydrogen) atoms. The molecule has 0 aliphatic carbocycles. The highest BCUT2D eigenvalue weighted by Gasteiger charge is 2.51. The Morgan fingerprint density at radius 1 is 1.07 bits per heavy atom. The second kappa shape index (κ2) is 8.62. The van der Waals surface area contributed by atoms with Crippen LogP contribution in [-0.4, -0.2) is 80.0 Å². The zero-order valence-corrected chi connectivity index (χ0v) is 17.7. The number of hydrogen-bond donors (Lipinski definition) is 0. The highest BCUT2D eigenvalue weighted by molar-refractivity contribution is 5.77. The van der Waals surface area contributed by atoms with Crippen molar-refractivity contribution in [2.75, 3.05) is 41.3 Å². The van der Waals surface area contributed by atoms with Crippen LogP contribution in [0.1, 0.15) is 24.0 Å². The second-order valence-electron chi connectivity index (χ2n) is 8.62. The summed E-state index contributed by atoms with van der Waals surface area (Å²) in [5.41, 5.74) is 2.60. The third-order valence-corrected chi connectivity index (χ3v) is 6.28. The monoisotopic (exact) mass is 387 g/mol. The number of rotatable bonds is 6. The number of nitrogens with zero attached hydrogens (tertiary/aromatic N) is 3. The Morgan fingerprint density at radius 3 is 2.36 bits per heavy atom. The average molecular weight is 388 g/mol. The second-order valence-corrected chi connectivity index (χ2v) is 8.62. The number of aryl methyl sites for hydroxylation is 1. The van der Waals surface area contributed by atoms with E-state index in [1.54, 1.807) is 38.0 Å². The molecule has 4 atom stereocenters. The highest BCUT2D eigenvalue weighted by atomic mass is 16.5. The van der Waals surface area contributed by atoms with Gasteiger partial charge in [0.25, 0.3) is 0 Å². The number of likely N-dealkylation sites (tertiary alicyclic amines) is 1. The van der Waals surface area contributed by atoms with Gasteiger partial charge in [-0.2, -0.15) is 0 Å². The van der Waals surface area contributed by atoms with Gasteiger partial charge in [0, 0.05) is 59.7 Å². The summed E-state index contributed by atoms with van der Waals surface area (Å²) in [5, 5.41) is 0. The van der Waals surface area contributed by atoms with Gasteiger partial charge < -0.3 is 14.5 Å². The number of carbonyl (C=O) groups is 2. The first-order valence-corrected chi connectivity index (χ1v) is 10.1. The minimum absolute atomic E-state index is 0.0840. The van der Waals surface area contributed by atoms with Crippen LogP contribution in [0.25, 0.3) is 0 Å². The quantitative estimate of drug-likeness (QED) is 0.747. The van der Waals surface area contributed by atoms with Crippen LogP contribution in [0.3, 0.4) is 0 Å². The maximum absolute atomic E-state index is 12.4. The summed E-state index contributed by atoms with van der Waals surface area (Å²) in [5.74, 6) is 0.662. The van der Waals surface area contributed by atoms with E-state index in [0.717, 1.165) is 13.1 Å². The van der Waals surface area contributed by atoms with Crippen LogP contribution in [-0.2, 0) is 20.9 Å². The van der Waals surface area contributed by atoms with E-state index in [1.165, 1.54) is 11.1 Å². The van der Waals surface area contributed by atoms with Crippen LogP contribution < -0.4 is 0 Å². The summed E-state index contributed by atoms with van der Waals surface area (Å²) in [6.45, 7) is 4.51. The van der Waals surface area contributed by atoms with Crippen molar-refractivity contribution < 1.29 is 14.3 Å². The Morgan fingerprint density at radius 2 is 1.71 bits per heavy atom. The topological polar surface area (TPSA) is 53.1 Å². The minimum atomic E-state index is -0.110. The fourth-order valence-electron chi connectivity index (χ4n) is 4.56. The molecule has 1 aromatic rings. The van der Waals surface area contributed by atoms with Gasteiger partial charge in [-0.05, 0) is 24.0 Å². The Kier molecular flexibility index (Phi) is 6.40. The number of amides is 2. The predicted molar refractivity (Wildman–Crippen MR) is 109 cm³/mol. The van der Waals surface area contributed by atoms with E-state index in [2.05, 4.69) is 36.1 Å². The molecule has 2 heterocycles. The average Bonchev–Trinajstić information content (AvgIpc) is 3.19. The van der Waals surface area contributed by atoms with Crippen molar-refractivity contribution >= 4 is 11.8 Å². The van der Waals surface area contributed by atoms with Crippen LogP contribution in [0.2, 0.25) is 0 Å². The van der Waals surface area contributed by atoms with Gasteiger partial charge in [-0.15, -0.1) is 0 Å². The minimum Gasteiger partial charge on any atom is -0.376 e. The molecule has 6 heteroatoms. The van der Waals surface area contributed by atoms with Crippen molar-refractivity contribution in [1.29, 1.82) is 0 Å². The lowest BCUT2D eigenvalue weighted by Crippen LogP contribution is -2.35. The van der Waals surface area contributed by atoms with Crippen molar-refractivity contribution in [3.63, 3.8) is 0 Å². The third-order valence-electron chi connectivity index (χ3n) is 6.28. The van der Waals surface area contributed by atoms with E-state index in [-0.39, 0.29) is 35.8 Å². The smallest absolute Gasteiger partial charge is 0.224 e. The molecule has 2 saturated heterocycles. The van der Waals surface area contributed by atoms with Gasteiger partial charge in [-0.25, -0.2) is 0 Å². The molecule has 2 aliphatic heterocycles. The molecule has 0 N–H and O–H groups in total. The van der Waals surface area contributed by atoms with Crippen LogP contribution in [0.5, 0.6) is 0 Å². The number of carbonyl (C=O) groups excluding carboxylic acids is 2. The first kappa shape index (κ1) is 20.8. The zero-order valence-electron chi connectivity index (χ0n) is 17.7. The molecule has 0 aromatic heterocycles.